The van der Waals surface area contributed by atoms with Crippen molar-refractivity contribution in [2.45, 2.75) is 13.1 Å². The summed E-state index contributed by atoms with van der Waals surface area (Å²) in [5, 5.41) is 3.10. The number of hydrogen-bond acceptors (Lipinski definition) is 5. The zero-order valence-electron chi connectivity index (χ0n) is 15.4. The first-order chi connectivity index (χ1) is 13.5. The molecule has 3 aromatic rings. The van der Waals surface area contributed by atoms with E-state index in [1.54, 1.807) is 34.6 Å². The molecule has 3 N–H and O–H groups in total. The van der Waals surface area contributed by atoms with Crippen molar-refractivity contribution >= 4 is 28.0 Å². The first-order valence-electron chi connectivity index (χ1n) is 8.94. The van der Waals surface area contributed by atoms with E-state index in [-0.39, 0.29) is 5.69 Å². The van der Waals surface area contributed by atoms with E-state index in [2.05, 4.69) is 5.32 Å². The average molecular weight is 399 g/mol. The van der Waals surface area contributed by atoms with Crippen molar-refractivity contribution in [3.8, 4) is 0 Å². The maximum atomic E-state index is 14.5. The zero-order valence-corrected chi connectivity index (χ0v) is 16.2. The molecule has 0 atom stereocenters. The molecule has 146 valence electrons. The van der Waals surface area contributed by atoms with Crippen molar-refractivity contribution in [1.82, 2.24) is 5.32 Å². The Hall–Kier alpha value is -2.58. The summed E-state index contributed by atoms with van der Waals surface area (Å²) in [6, 6.07) is 21.3. The Bertz CT molecular complexity index is 981. The summed E-state index contributed by atoms with van der Waals surface area (Å²) in [6.45, 7) is 1.06. The minimum atomic E-state index is -3.47. The first-order valence-corrected chi connectivity index (χ1v) is 10.4. The first kappa shape index (κ1) is 18.8. The van der Waals surface area contributed by atoms with Gasteiger partial charge in [-0.15, -0.1) is 0 Å². The number of halogens is 1. The summed E-state index contributed by atoms with van der Waals surface area (Å²) < 4.78 is 39.6. The van der Waals surface area contributed by atoms with Crippen molar-refractivity contribution in [3.05, 3.63) is 89.7 Å². The SMILES string of the molecule is CNCc1ccc(CN2c3ccccc3N(c3ccccc3F)S2(O)O)cc1. The van der Waals surface area contributed by atoms with E-state index in [1.807, 2.05) is 43.4 Å². The molecule has 1 aliphatic heterocycles. The second-order valence-corrected chi connectivity index (χ2v) is 8.39. The van der Waals surface area contributed by atoms with E-state index < -0.39 is 16.8 Å². The minimum absolute atomic E-state index is 0.141. The van der Waals surface area contributed by atoms with Gasteiger partial charge >= 0.3 is 0 Å². The number of rotatable bonds is 5. The van der Waals surface area contributed by atoms with E-state index >= 15 is 0 Å². The summed E-state index contributed by atoms with van der Waals surface area (Å²) >= 11 is 0. The predicted octanol–water partition coefficient (Wildman–Crippen LogP) is 5.28. The highest BCUT2D eigenvalue weighted by Crippen LogP contribution is 2.64. The van der Waals surface area contributed by atoms with Crippen LogP contribution in [0.4, 0.5) is 21.5 Å². The zero-order chi connectivity index (χ0) is 19.7. The van der Waals surface area contributed by atoms with Crippen molar-refractivity contribution in [3.63, 3.8) is 0 Å². The Morgan fingerprint density at radius 3 is 2.04 bits per heavy atom. The van der Waals surface area contributed by atoms with Gasteiger partial charge in [0.05, 0.1) is 17.9 Å². The maximum Gasteiger partial charge on any atom is 0.148 e. The van der Waals surface area contributed by atoms with Crippen LogP contribution in [-0.2, 0) is 13.1 Å². The molecule has 4 rings (SSSR count). The third kappa shape index (κ3) is 3.22. The quantitative estimate of drug-likeness (QED) is 0.545. The largest absolute Gasteiger partial charge is 0.316 e. The molecule has 0 unspecified atom stereocenters. The van der Waals surface area contributed by atoms with Crippen LogP contribution in [-0.4, -0.2) is 16.2 Å². The second kappa shape index (κ2) is 7.44. The average Bonchev–Trinajstić information content (AvgIpc) is 2.91. The van der Waals surface area contributed by atoms with E-state index in [9.17, 15) is 13.5 Å². The number of para-hydroxylation sites is 3. The van der Waals surface area contributed by atoms with Crippen molar-refractivity contribution in [2.24, 2.45) is 0 Å². The molecule has 0 fully saturated rings. The maximum absolute atomic E-state index is 14.5. The van der Waals surface area contributed by atoms with Crippen molar-refractivity contribution in [1.29, 1.82) is 0 Å². The Kier molecular flexibility index (Phi) is 4.99. The number of hydrogen-bond donors (Lipinski definition) is 3. The Labute approximate surface area is 165 Å². The van der Waals surface area contributed by atoms with Gasteiger partial charge in [0.25, 0.3) is 0 Å². The van der Waals surface area contributed by atoms with Crippen LogP contribution < -0.4 is 13.9 Å². The van der Waals surface area contributed by atoms with Gasteiger partial charge in [-0.05, 0) is 53.4 Å². The van der Waals surface area contributed by atoms with Crippen LogP contribution >= 0.6 is 11.0 Å². The molecule has 28 heavy (non-hydrogen) atoms. The molecule has 7 heteroatoms. The monoisotopic (exact) mass is 399 g/mol. The van der Waals surface area contributed by atoms with Gasteiger partial charge in [0.1, 0.15) is 11.5 Å². The van der Waals surface area contributed by atoms with Gasteiger partial charge in [0.2, 0.25) is 0 Å². The topological polar surface area (TPSA) is 59.0 Å². The smallest absolute Gasteiger partial charge is 0.148 e. The van der Waals surface area contributed by atoms with Gasteiger partial charge in [-0.3, -0.25) is 9.11 Å². The number of nitrogens with zero attached hydrogens (tertiary/aromatic N) is 2. The van der Waals surface area contributed by atoms with E-state index in [0.29, 0.717) is 17.9 Å². The van der Waals surface area contributed by atoms with Crippen LogP contribution in [0.1, 0.15) is 11.1 Å². The summed E-state index contributed by atoms with van der Waals surface area (Å²) in [5.74, 6) is -0.504. The predicted molar refractivity (Wildman–Crippen MR) is 113 cm³/mol. The molecule has 0 radical (unpaired) electrons. The van der Waals surface area contributed by atoms with Crippen LogP contribution in [0.2, 0.25) is 0 Å². The molecule has 0 spiro atoms. The number of benzene rings is 3. The fourth-order valence-electron chi connectivity index (χ4n) is 3.39. The number of nitrogens with one attached hydrogen (secondary N) is 1. The third-order valence-corrected chi connectivity index (χ3v) is 6.51. The third-order valence-electron chi connectivity index (χ3n) is 4.71. The van der Waals surface area contributed by atoms with Crippen LogP contribution in [0.25, 0.3) is 0 Å². The van der Waals surface area contributed by atoms with E-state index in [0.717, 1.165) is 17.7 Å². The lowest BCUT2D eigenvalue weighted by Crippen LogP contribution is -2.31. The van der Waals surface area contributed by atoms with Gasteiger partial charge < -0.3 is 5.32 Å². The summed E-state index contributed by atoms with van der Waals surface area (Å²) in [6.07, 6.45) is 0. The van der Waals surface area contributed by atoms with E-state index in [1.165, 1.54) is 10.4 Å². The molecule has 0 aromatic heterocycles. The summed E-state index contributed by atoms with van der Waals surface area (Å²) in [4.78, 5) is 0. The van der Waals surface area contributed by atoms with Crippen LogP contribution in [0, 0.1) is 5.82 Å². The lowest BCUT2D eigenvalue weighted by Gasteiger charge is -2.43. The fourth-order valence-corrected chi connectivity index (χ4v) is 5.16. The molecule has 0 amide bonds. The van der Waals surface area contributed by atoms with Gasteiger partial charge in [-0.1, -0.05) is 48.5 Å². The highest BCUT2D eigenvalue weighted by molar-refractivity contribution is 8.27. The molecular formula is C21H22FN3O2S. The minimum Gasteiger partial charge on any atom is -0.316 e. The molecule has 3 aromatic carbocycles. The van der Waals surface area contributed by atoms with Crippen LogP contribution in [0.5, 0.6) is 0 Å². The lowest BCUT2D eigenvalue weighted by molar-refractivity contribution is 0.483. The molecule has 0 saturated carbocycles. The van der Waals surface area contributed by atoms with Gasteiger partial charge in [0, 0.05) is 6.54 Å². The second-order valence-electron chi connectivity index (χ2n) is 6.61. The highest BCUT2D eigenvalue weighted by Gasteiger charge is 2.42. The van der Waals surface area contributed by atoms with Crippen LogP contribution in [0.3, 0.4) is 0 Å². The number of anilines is 3. The summed E-state index contributed by atoms with van der Waals surface area (Å²) in [5.41, 5.74) is 3.45. The van der Waals surface area contributed by atoms with E-state index in [4.69, 9.17) is 0 Å². The molecule has 1 aliphatic rings. The normalized spacial score (nSPS) is 16.1. The molecule has 0 saturated heterocycles. The summed E-state index contributed by atoms with van der Waals surface area (Å²) in [7, 11) is -1.58. The molecule has 0 aliphatic carbocycles. The highest BCUT2D eigenvalue weighted by atomic mass is 32.3. The van der Waals surface area contributed by atoms with Gasteiger partial charge in [-0.2, -0.15) is 0 Å². The van der Waals surface area contributed by atoms with Gasteiger partial charge in [0.15, 0.2) is 0 Å². The fraction of sp³-hybridized carbons (Fsp3) is 0.143. The Balaban J connectivity index is 1.73. The Morgan fingerprint density at radius 1 is 0.821 bits per heavy atom. The van der Waals surface area contributed by atoms with Crippen LogP contribution in [0.15, 0.2) is 72.8 Å². The molecule has 5 nitrogen and oxygen atoms in total. The Morgan fingerprint density at radius 2 is 1.39 bits per heavy atom. The standard InChI is InChI=1S/C21H22FN3O2S/c1-23-14-16-10-12-17(13-11-16)15-24-20-8-4-5-9-21(20)25(28(24,26)27)19-7-3-2-6-18(19)22/h2-13,23,26-27H,14-15H2,1H3. The molecular weight excluding hydrogens is 377 g/mol. The molecule has 0 bridgehead atoms. The molecule has 1 heterocycles. The van der Waals surface area contributed by atoms with Gasteiger partial charge in [-0.25, -0.2) is 13.0 Å². The van der Waals surface area contributed by atoms with Crippen molar-refractivity contribution < 1.29 is 13.5 Å². The van der Waals surface area contributed by atoms with Crippen molar-refractivity contribution in [2.75, 3.05) is 15.7 Å². The number of fused-ring (bicyclic) bond motifs is 1. The lowest BCUT2D eigenvalue weighted by atomic mass is 10.1.